The van der Waals surface area contributed by atoms with Crippen molar-refractivity contribution >= 4 is 23.3 Å². The topological polar surface area (TPSA) is 83.9 Å². The molecule has 1 fully saturated rings. The Morgan fingerprint density at radius 2 is 1.71 bits per heavy atom. The Labute approximate surface area is 209 Å². The van der Waals surface area contributed by atoms with Gasteiger partial charge in [-0.2, -0.15) is 0 Å². The van der Waals surface area contributed by atoms with E-state index in [9.17, 15) is 14.0 Å². The number of nitrogens with zero attached hydrogens (tertiary/aromatic N) is 4. The van der Waals surface area contributed by atoms with Crippen LogP contribution in [0.15, 0.2) is 29.4 Å². The lowest BCUT2D eigenvalue weighted by atomic mass is 10.0. The van der Waals surface area contributed by atoms with Crippen LogP contribution in [0.5, 0.6) is 0 Å². The van der Waals surface area contributed by atoms with Crippen molar-refractivity contribution in [3.63, 3.8) is 0 Å². The number of carbonyl (C=O) groups excluding carboxylic acids is 2. The number of hydrogen-bond donors (Lipinski definition) is 1. The Balaban J connectivity index is 1.67. The van der Waals surface area contributed by atoms with Crippen LogP contribution in [-0.2, 0) is 0 Å². The van der Waals surface area contributed by atoms with Gasteiger partial charge < -0.3 is 4.98 Å². The fourth-order valence-corrected chi connectivity index (χ4v) is 5.80. The number of thioether (sulfide) groups is 1. The van der Waals surface area contributed by atoms with E-state index in [1.165, 1.54) is 37.2 Å². The van der Waals surface area contributed by atoms with Crippen LogP contribution in [0, 0.1) is 19.7 Å². The molecule has 186 valence electrons. The second-order valence-electron chi connectivity index (χ2n) is 9.23. The highest BCUT2D eigenvalue weighted by Gasteiger charge is 2.29. The van der Waals surface area contributed by atoms with Crippen LogP contribution in [0.3, 0.4) is 0 Å². The number of piperidine rings is 1. The highest BCUT2D eigenvalue weighted by molar-refractivity contribution is 8.00. The van der Waals surface area contributed by atoms with Gasteiger partial charge in [-0.1, -0.05) is 18.2 Å². The van der Waals surface area contributed by atoms with Crippen molar-refractivity contribution in [1.29, 1.82) is 0 Å². The van der Waals surface area contributed by atoms with Crippen molar-refractivity contribution in [1.82, 2.24) is 24.6 Å². The van der Waals surface area contributed by atoms with Crippen LogP contribution >= 0.6 is 11.8 Å². The molecule has 1 aromatic carbocycles. The number of carbonyl (C=O) groups is 2. The van der Waals surface area contributed by atoms with Crippen LogP contribution in [0.25, 0.3) is 5.69 Å². The van der Waals surface area contributed by atoms with E-state index in [0.717, 1.165) is 37.4 Å². The predicted octanol–water partition coefficient (Wildman–Crippen LogP) is 5.46. The van der Waals surface area contributed by atoms with Gasteiger partial charge >= 0.3 is 0 Å². The highest BCUT2D eigenvalue weighted by Crippen LogP contribution is 2.32. The van der Waals surface area contributed by atoms with Gasteiger partial charge in [0.2, 0.25) is 0 Å². The quantitative estimate of drug-likeness (QED) is 0.328. The van der Waals surface area contributed by atoms with Crippen LogP contribution in [0.1, 0.15) is 84.0 Å². The first-order valence-electron chi connectivity index (χ1n) is 12.0. The summed E-state index contributed by atoms with van der Waals surface area (Å²) in [7, 11) is 0. The summed E-state index contributed by atoms with van der Waals surface area (Å²) in [5.74, 6) is 0.279. The normalized spacial score (nSPS) is 16.3. The number of likely N-dealkylation sites (tertiary alicyclic amines) is 1. The average Bonchev–Trinajstić information content (AvgIpc) is 3.39. The molecule has 1 N–H and O–H groups in total. The van der Waals surface area contributed by atoms with Gasteiger partial charge in [0.25, 0.3) is 0 Å². The molecule has 3 heterocycles. The molecule has 0 amide bonds. The molecule has 3 aromatic rings. The standard InChI is InChI=1S/C26H32FN5O2S/c1-15-22(18(4)33)16(2)28-23(15)24(34)19(5)35-26-30-29-25(17(3)31-13-7-6-8-14-31)32(26)21-11-9-20(27)10-12-21/h9-12,17,19,28H,6-8,13-14H2,1-5H3. The smallest absolute Gasteiger partial charge is 0.196 e. The van der Waals surface area contributed by atoms with E-state index in [2.05, 4.69) is 27.0 Å². The molecule has 35 heavy (non-hydrogen) atoms. The second kappa shape index (κ2) is 10.5. The molecule has 0 aliphatic carbocycles. The van der Waals surface area contributed by atoms with Gasteiger partial charge in [0, 0.05) is 16.9 Å². The minimum Gasteiger partial charge on any atom is -0.355 e. The number of rotatable bonds is 8. The molecule has 4 rings (SSSR count). The third-order valence-electron chi connectivity index (χ3n) is 6.74. The first kappa shape index (κ1) is 25.3. The molecule has 0 radical (unpaired) electrons. The maximum Gasteiger partial charge on any atom is 0.196 e. The number of aromatic nitrogens is 4. The minimum absolute atomic E-state index is 0.0274. The zero-order valence-corrected chi connectivity index (χ0v) is 21.7. The number of aryl methyl sites for hydroxylation is 1. The Morgan fingerprint density at radius 3 is 2.31 bits per heavy atom. The van der Waals surface area contributed by atoms with Crippen molar-refractivity contribution in [2.45, 2.75) is 70.3 Å². The minimum atomic E-state index is -0.479. The van der Waals surface area contributed by atoms with Crippen molar-refractivity contribution in [2.24, 2.45) is 0 Å². The Bertz CT molecular complexity index is 1230. The summed E-state index contributed by atoms with van der Waals surface area (Å²) in [6.07, 6.45) is 3.54. The number of Topliss-reactive ketones (excluding diaryl/α,β-unsaturated/α-hetero) is 2. The Morgan fingerprint density at radius 1 is 1.06 bits per heavy atom. The largest absolute Gasteiger partial charge is 0.355 e. The van der Waals surface area contributed by atoms with Crippen molar-refractivity contribution in [2.75, 3.05) is 13.1 Å². The van der Waals surface area contributed by atoms with E-state index >= 15 is 0 Å². The van der Waals surface area contributed by atoms with Crippen LogP contribution in [0.2, 0.25) is 0 Å². The molecule has 1 aliphatic rings. The van der Waals surface area contributed by atoms with Gasteiger partial charge in [0.05, 0.1) is 17.0 Å². The lowest BCUT2D eigenvalue weighted by molar-refractivity contribution is 0.0988. The number of ketones is 2. The van der Waals surface area contributed by atoms with Crippen LogP contribution in [0.4, 0.5) is 4.39 Å². The summed E-state index contributed by atoms with van der Waals surface area (Å²) < 4.78 is 15.6. The zero-order valence-electron chi connectivity index (χ0n) is 20.9. The van der Waals surface area contributed by atoms with Gasteiger partial charge in [-0.25, -0.2) is 4.39 Å². The molecule has 0 saturated carbocycles. The van der Waals surface area contributed by atoms with E-state index in [-0.39, 0.29) is 23.4 Å². The van der Waals surface area contributed by atoms with Gasteiger partial charge in [-0.3, -0.25) is 19.1 Å². The molecule has 2 atom stereocenters. The number of halogens is 1. The molecular weight excluding hydrogens is 465 g/mol. The van der Waals surface area contributed by atoms with E-state index < -0.39 is 5.25 Å². The maximum absolute atomic E-state index is 13.7. The van der Waals surface area contributed by atoms with E-state index in [0.29, 0.717) is 27.7 Å². The van der Waals surface area contributed by atoms with Gasteiger partial charge in [-0.15, -0.1) is 10.2 Å². The third-order valence-corrected chi connectivity index (χ3v) is 7.79. The Hall–Kier alpha value is -2.78. The molecule has 0 bridgehead atoms. The molecule has 7 nitrogen and oxygen atoms in total. The number of nitrogens with one attached hydrogen (secondary N) is 1. The number of benzene rings is 1. The summed E-state index contributed by atoms with van der Waals surface area (Å²) in [5.41, 5.74) is 3.14. The molecule has 0 spiro atoms. The molecule has 1 saturated heterocycles. The summed E-state index contributed by atoms with van der Waals surface area (Å²) in [4.78, 5) is 30.9. The number of aromatic amines is 1. The second-order valence-corrected chi connectivity index (χ2v) is 10.5. The SMILES string of the molecule is CC(=O)c1c(C)[nH]c(C(=O)C(C)Sc2nnc(C(C)N3CCCCC3)n2-c2ccc(F)cc2)c1C. The fraction of sp³-hybridized carbons (Fsp3) is 0.462. The van der Waals surface area contributed by atoms with Crippen LogP contribution in [-0.4, -0.2) is 54.6 Å². The predicted molar refractivity (Wildman–Crippen MR) is 135 cm³/mol. The highest BCUT2D eigenvalue weighted by atomic mass is 32.2. The summed E-state index contributed by atoms with van der Waals surface area (Å²) in [6.45, 7) is 11.0. The molecular formula is C26H32FN5O2S. The molecule has 2 unspecified atom stereocenters. The monoisotopic (exact) mass is 497 g/mol. The molecule has 1 aliphatic heterocycles. The van der Waals surface area contributed by atoms with Gasteiger partial charge in [0.15, 0.2) is 22.5 Å². The van der Waals surface area contributed by atoms with E-state index in [1.807, 2.05) is 11.5 Å². The van der Waals surface area contributed by atoms with Crippen molar-refractivity contribution < 1.29 is 14.0 Å². The summed E-state index contributed by atoms with van der Waals surface area (Å²) in [6, 6.07) is 6.28. The Kier molecular flexibility index (Phi) is 7.56. The van der Waals surface area contributed by atoms with Crippen molar-refractivity contribution in [3.8, 4) is 5.69 Å². The first-order valence-corrected chi connectivity index (χ1v) is 12.9. The summed E-state index contributed by atoms with van der Waals surface area (Å²) in [5, 5.41) is 9.08. The zero-order chi connectivity index (χ0) is 25.3. The maximum atomic E-state index is 13.7. The summed E-state index contributed by atoms with van der Waals surface area (Å²) >= 11 is 1.31. The number of hydrogen-bond acceptors (Lipinski definition) is 6. The van der Waals surface area contributed by atoms with Gasteiger partial charge in [0.1, 0.15) is 5.82 Å². The fourth-order valence-electron chi connectivity index (χ4n) is 4.87. The molecule has 2 aromatic heterocycles. The average molecular weight is 498 g/mol. The van der Waals surface area contributed by atoms with Gasteiger partial charge in [-0.05, 0) is 90.4 Å². The first-order chi connectivity index (χ1) is 16.7. The third kappa shape index (κ3) is 5.11. The van der Waals surface area contributed by atoms with Crippen molar-refractivity contribution in [3.05, 3.63) is 58.4 Å². The molecule has 9 heteroatoms. The lowest BCUT2D eigenvalue weighted by Gasteiger charge is -2.32. The van der Waals surface area contributed by atoms with E-state index in [4.69, 9.17) is 0 Å². The van der Waals surface area contributed by atoms with Crippen LogP contribution < -0.4 is 0 Å². The van der Waals surface area contributed by atoms with E-state index in [1.54, 1.807) is 26.0 Å². The number of H-pyrrole nitrogens is 1. The lowest BCUT2D eigenvalue weighted by Crippen LogP contribution is -2.33.